The number of benzene rings is 1. The van der Waals surface area contributed by atoms with Crippen molar-refractivity contribution in [2.45, 2.75) is 32.3 Å². The Morgan fingerprint density at radius 3 is 2.72 bits per heavy atom. The van der Waals surface area contributed by atoms with E-state index < -0.39 is 0 Å². The molecule has 0 saturated heterocycles. The first-order valence-electron chi connectivity index (χ1n) is 8.55. The maximum Gasteiger partial charge on any atom is 0.165 e. The molecule has 0 N–H and O–H groups in total. The summed E-state index contributed by atoms with van der Waals surface area (Å²) in [5.41, 5.74) is 3.56. The predicted octanol–water partition coefficient (Wildman–Crippen LogP) is 3.66. The number of halogens is 1. The van der Waals surface area contributed by atoms with E-state index in [-0.39, 0.29) is 11.9 Å². The minimum absolute atomic E-state index is 0.169. The second-order valence-corrected chi connectivity index (χ2v) is 6.62. The molecule has 1 aliphatic carbocycles. The van der Waals surface area contributed by atoms with E-state index in [1.54, 1.807) is 16.9 Å². The van der Waals surface area contributed by atoms with Gasteiger partial charge in [-0.05, 0) is 50.0 Å². The third-order valence-electron chi connectivity index (χ3n) is 4.68. The average molecular weight is 340 g/mol. The lowest BCUT2D eigenvalue weighted by atomic mass is 9.96. The van der Waals surface area contributed by atoms with Gasteiger partial charge in [-0.1, -0.05) is 0 Å². The van der Waals surface area contributed by atoms with Gasteiger partial charge in [-0.3, -0.25) is 9.67 Å². The molecule has 1 aliphatic heterocycles. The van der Waals surface area contributed by atoms with Crippen LogP contribution in [-0.4, -0.2) is 28.3 Å². The van der Waals surface area contributed by atoms with E-state index in [0.29, 0.717) is 12.4 Å². The van der Waals surface area contributed by atoms with Crippen molar-refractivity contribution in [3.8, 4) is 5.75 Å². The molecule has 6 heteroatoms. The van der Waals surface area contributed by atoms with Gasteiger partial charge in [0.15, 0.2) is 11.6 Å². The highest BCUT2D eigenvalue weighted by Gasteiger charge is 2.21. The van der Waals surface area contributed by atoms with Gasteiger partial charge in [-0.25, -0.2) is 4.39 Å². The smallest absolute Gasteiger partial charge is 0.165 e. The van der Waals surface area contributed by atoms with Gasteiger partial charge in [0.25, 0.3) is 0 Å². The molecule has 0 amide bonds. The fourth-order valence-corrected chi connectivity index (χ4v) is 3.05. The highest BCUT2D eigenvalue weighted by atomic mass is 19.1. The third-order valence-corrected chi connectivity index (χ3v) is 4.68. The van der Waals surface area contributed by atoms with E-state index in [2.05, 4.69) is 10.1 Å². The number of hydrogen-bond acceptors (Lipinski definition) is 4. The Morgan fingerprint density at radius 2 is 2.12 bits per heavy atom. The molecule has 0 unspecified atom stereocenters. The number of nitrogens with zero attached hydrogens (tertiary/aromatic N) is 4. The van der Waals surface area contributed by atoms with Crippen LogP contribution in [0.1, 0.15) is 31.7 Å². The van der Waals surface area contributed by atoms with Crippen molar-refractivity contribution in [1.29, 1.82) is 0 Å². The SMILES string of the molecule is CC1=CN(c2cnn(C)c2)CN=C1c1ccc(OC2CCC2)c(F)c1. The summed E-state index contributed by atoms with van der Waals surface area (Å²) in [7, 11) is 1.88. The van der Waals surface area contributed by atoms with E-state index in [4.69, 9.17) is 4.74 Å². The molecule has 1 saturated carbocycles. The van der Waals surface area contributed by atoms with Gasteiger partial charge in [-0.2, -0.15) is 5.10 Å². The first-order valence-corrected chi connectivity index (χ1v) is 8.55. The molecule has 1 aromatic heterocycles. The molecule has 5 nitrogen and oxygen atoms in total. The topological polar surface area (TPSA) is 42.7 Å². The van der Waals surface area contributed by atoms with Crippen molar-refractivity contribution >= 4 is 11.4 Å². The summed E-state index contributed by atoms with van der Waals surface area (Å²) >= 11 is 0. The first kappa shape index (κ1) is 15.9. The zero-order valence-corrected chi connectivity index (χ0v) is 14.4. The molecule has 4 rings (SSSR count). The van der Waals surface area contributed by atoms with Crippen LogP contribution in [0.4, 0.5) is 10.1 Å². The van der Waals surface area contributed by atoms with Crippen molar-refractivity contribution in [3.63, 3.8) is 0 Å². The third kappa shape index (κ3) is 3.16. The van der Waals surface area contributed by atoms with Crippen molar-refractivity contribution in [2.24, 2.45) is 12.0 Å². The molecule has 0 atom stereocenters. The van der Waals surface area contributed by atoms with Gasteiger partial charge in [0.2, 0.25) is 0 Å². The van der Waals surface area contributed by atoms with Crippen LogP contribution >= 0.6 is 0 Å². The molecule has 25 heavy (non-hydrogen) atoms. The number of rotatable bonds is 4. The van der Waals surface area contributed by atoms with Crippen LogP contribution < -0.4 is 9.64 Å². The Bertz CT molecular complexity index is 851. The lowest BCUT2D eigenvalue weighted by Crippen LogP contribution is -2.25. The van der Waals surface area contributed by atoms with Gasteiger partial charge in [-0.15, -0.1) is 0 Å². The quantitative estimate of drug-likeness (QED) is 0.853. The van der Waals surface area contributed by atoms with Gasteiger partial charge >= 0.3 is 0 Å². The summed E-state index contributed by atoms with van der Waals surface area (Å²) in [6, 6.07) is 5.11. The Labute approximate surface area is 146 Å². The lowest BCUT2D eigenvalue weighted by Gasteiger charge is -2.27. The van der Waals surface area contributed by atoms with E-state index >= 15 is 0 Å². The minimum atomic E-state index is -0.324. The molecule has 0 bridgehead atoms. The predicted molar refractivity (Wildman–Crippen MR) is 95.5 cm³/mol. The highest BCUT2D eigenvalue weighted by molar-refractivity contribution is 6.13. The molecule has 130 valence electrons. The molecule has 1 fully saturated rings. The monoisotopic (exact) mass is 340 g/mol. The molecule has 2 aromatic rings. The summed E-state index contributed by atoms with van der Waals surface area (Å²) in [5, 5.41) is 4.18. The van der Waals surface area contributed by atoms with Crippen LogP contribution in [0.5, 0.6) is 5.75 Å². The second kappa shape index (κ2) is 6.35. The number of aryl methyl sites for hydroxylation is 1. The Kier molecular flexibility index (Phi) is 4.03. The molecular formula is C19H21FN4O. The summed E-state index contributed by atoms with van der Waals surface area (Å²) in [4.78, 5) is 6.66. The normalized spacial score (nSPS) is 17.8. The maximum absolute atomic E-state index is 14.4. The highest BCUT2D eigenvalue weighted by Crippen LogP contribution is 2.28. The van der Waals surface area contributed by atoms with E-state index in [0.717, 1.165) is 35.4 Å². The molecule has 2 heterocycles. The van der Waals surface area contributed by atoms with E-state index in [1.165, 1.54) is 12.5 Å². The molecule has 2 aliphatic rings. The largest absolute Gasteiger partial charge is 0.487 e. The van der Waals surface area contributed by atoms with E-state index in [9.17, 15) is 4.39 Å². The van der Waals surface area contributed by atoms with Crippen molar-refractivity contribution in [3.05, 3.63) is 53.7 Å². The van der Waals surface area contributed by atoms with Crippen LogP contribution in [0.25, 0.3) is 0 Å². The van der Waals surface area contributed by atoms with Crippen LogP contribution in [0.15, 0.2) is 47.4 Å². The number of ether oxygens (including phenoxy) is 1. The van der Waals surface area contributed by atoms with Crippen LogP contribution in [-0.2, 0) is 7.05 Å². The molecular weight excluding hydrogens is 319 g/mol. The Balaban J connectivity index is 1.53. The fourth-order valence-electron chi connectivity index (χ4n) is 3.05. The summed E-state index contributed by atoms with van der Waals surface area (Å²) in [6.45, 7) is 2.47. The fraction of sp³-hybridized carbons (Fsp3) is 0.368. The van der Waals surface area contributed by atoms with Crippen molar-refractivity contribution in [2.75, 3.05) is 11.6 Å². The van der Waals surface area contributed by atoms with Crippen molar-refractivity contribution in [1.82, 2.24) is 9.78 Å². The standard InChI is InChI=1S/C19H21FN4O/c1-13-10-24(15-9-22-23(2)11-15)12-21-19(13)14-6-7-18(17(20)8-14)25-16-4-3-5-16/h6-11,16H,3-5,12H2,1-2H3. The molecule has 0 spiro atoms. The van der Waals surface area contributed by atoms with Gasteiger partial charge in [0.1, 0.15) is 6.67 Å². The molecule has 1 aromatic carbocycles. The number of aromatic nitrogens is 2. The number of aliphatic imine (C=N–C) groups is 1. The Hall–Kier alpha value is -2.63. The van der Waals surface area contributed by atoms with Gasteiger partial charge in [0, 0.05) is 25.0 Å². The van der Waals surface area contributed by atoms with Crippen LogP contribution in [0, 0.1) is 5.82 Å². The summed E-state index contributed by atoms with van der Waals surface area (Å²) < 4.78 is 21.8. The summed E-state index contributed by atoms with van der Waals surface area (Å²) in [6.07, 6.45) is 9.13. The molecule has 0 radical (unpaired) electrons. The maximum atomic E-state index is 14.4. The average Bonchev–Trinajstić information content (AvgIpc) is 2.98. The second-order valence-electron chi connectivity index (χ2n) is 6.62. The number of hydrogen-bond donors (Lipinski definition) is 0. The van der Waals surface area contributed by atoms with Crippen molar-refractivity contribution < 1.29 is 9.13 Å². The summed E-state index contributed by atoms with van der Waals surface area (Å²) in [5.74, 6) is 0.0121. The van der Waals surface area contributed by atoms with Crippen LogP contribution in [0.2, 0.25) is 0 Å². The van der Waals surface area contributed by atoms with E-state index in [1.807, 2.05) is 37.3 Å². The Morgan fingerprint density at radius 1 is 1.28 bits per heavy atom. The first-order chi connectivity index (χ1) is 12.1. The van der Waals surface area contributed by atoms with Crippen LogP contribution in [0.3, 0.4) is 0 Å². The number of anilines is 1. The lowest BCUT2D eigenvalue weighted by molar-refractivity contribution is 0.115. The minimum Gasteiger partial charge on any atom is -0.487 e. The van der Waals surface area contributed by atoms with Gasteiger partial charge < -0.3 is 9.64 Å². The zero-order valence-electron chi connectivity index (χ0n) is 14.4. The number of allylic oxidation sites excluding steroid dienone is 1. The zero-order chi connectivity index (χ0) is 17.4. The van der Waals surface area contributed by atoms with Gasteiger partial charge in [0.05, 0.1) is 23.7 Å².